The molecule has 0 N–H and O–H groups in total. The van der Waals surface area contributed by atoms with Gasteiger partial charge in [-0.3, -0.25) is 14.5 Å². The second-order valence-corrected chi connectivity index (χ2v) is 8.56. The number of para-hydroxylation sites is 1. The molecule has 2 amide bonds. The largest absolute Gasteiger partial charge is 0.352 e. The standard InChI is InChI=1S/C23H21ClFN5O2S/c1-16(31)30(20-7-3-2-6-19(20)25)23-27-17(15-33-23)8-9-21(32)28-11-13-29(14-12-28)22-18(24)5-4-10-26-22/h2-10,15H,11-14H2,1H3/b9-8+. The first-order valence-corrected chi connectivity index (χ1v) is 11.5. The summed E-state index contributed by atoms with van der Waals surface area (Å²) in [7, 11) is 0. The normalized spacial score (nSPS) is 14.0. The minimum atomic E-state index is -0.513. The summed E-state index contributed by atoms with van der Waals surface area (Å²) in [6.07, 6.45) is 4.76. The first-order valence-electron chi connectivity index (χ1n) is 10.3. The molecule has 0 spiro atoms. The molecule has 0 aliphatic carbocycles. The van der Waals surface area contributed by atoms with Gasteiger partial charge >= 0.3 is 0 Å². The number of nitrogens with zero attached hydrogens (tertiary/aromatic N) is 5. The molecule has 0 saturated carbocycles. The summed E-state index contributed by atoms with van der Waals surface area (Å²) in [6, 6.07) is 9.61. The molecule has 4 rings (SSSR count). The number of thiazole rings is 1. The highest BCUT2D eigenvalue weighted by Crippen LogP contribution is 2.31. The quantitative estimate of drug-likeness (QED) is 0.502. The third-order valence-electron chi connectivity index (χ3n) is 5.14. The fourth-order valence-electron chi connectivity index (χ4n) is 3.51. The van der Waals surface area contributed by atoms with Crippen LogP contribution >= 0.6 is 22.9 Å². The van der Waals surface area contributed by atoms with Crippen molar-refractivity contribution in [1.82, 2.24) is 14.9 Å². The number of benzene rings is 1. The first-order chi connectivity index (χ1) is 15.9. The molecule has 1 fully saturated rings. The van der Waals surface area contributed by atoms with Crippen LogP contribution in [0.5, 0.6) is 0 Å². The van der Waals surface area contributed by atoms with Crippen molar-refractivity contribution < 1.29 is 14.0 Å². The van der Waals surface area contributed by atoms with E-state index in [9.17, 15) is 14.0 Å². The van der Waals surface area contributed by atoms with Gasteiger partial charge in [-0.25, -0.2) is 14.4 Å². The van der Waals surface area contributed by atoms with E-state index >= 15 is 0 Å². The van der Waals surface area contributed by atoms with Crippen LogP contribution in [0.3, 0.4) is 0 Å². The lowest BCUT2D eigenvalue weighted by Crippen LogP contribution is -2.48. The number of aromatic nitrogens is 2. The van der Waals surface area contributed by atoms with Crippen molar-refractivity contribution >= 4 is 57.5 Å². The molecular weight excluding hydrogens is 465 g/mol. The van der Waals surface area contributed by atoms with Gasteiger partial charge in [-0.05, 0) is 30.3 Å². The van der Waals surface area contributed by atoms with Crippen LogP contribution in [0.25, 0.3) is 6.08 Å². The molecule has 1 aliphatic rings. The van der Waals surface area contributed by atoms with E-state index in [1.165, 1.54) is 41.4 Å². The first kappa shape index (κ1) is 22.9. The molecule has 0 bridgehead atoms. The highest BCUT2D eigenvalue weighted by molar-refractivity contribution is 7.14. The smallest absolute Gasteiger partial charge is 0.246 e. The Kier molecular flexibility index (Phi) is 7.00. The molecule has 7 nitrogen and oxygen atoms in total. The average molecular weight is 486 g/mol. The number of pyridine rings is 1. The van der Waals surface area contributed by atoms with Crippen molar-refractivity contribution in [2.24, 2.45) is 0 Å². The highest BCUT2D eigenvalue weighted by atomic mass is 35.5. The Balaban J connectivity index is 1.40. The Labute approximate surface area is 199 Å². The van der Waals surface area contributed by atoms with Crippen LogP contribution in [-0.2, 0) is 9.59 Å². The minimum absolute atomic E-state index is 0.131. The van der Waals surface area contributed by atoms with Crippen LogP contribution in [0.4, 0.5) is 21.0 Å². The van der Waals surface area contributed by atoms with Crippen molar-refractivity contribution in [2.45, 2.75) is 6.92 Å². The molecule has 10 heteroatoms. The zero-order valence-corrected chi connectivity index (χ0v) is 19.4. The van der Waals surface area contributed by atoms with E-state index in [0.717, 1.165) is 5.82 Å². The number of hydrogen-bond acceptors (Lipinski definition) is 6. The number of hydrogen-bond donors (Lipinski definition) is 0. The summed E-state index contributed by atoms with van der Waals surface area (Å²) in [5, 5.41) is 2.64. The van der Waals surface area contributed by atoms with E-state index in [1.54, 1.807) is 46.8 Å². The maximum atomic E-state index is 14.2. The number of halogens is 2. The van der Waals surface area contributed by atoms with E-state index < -0.39 is 5.82 Å². The van der Waals surface area contributed by atoms with Crippen molar-refractivity contribution in [3.63, 3.8) is 0 Å². The van der Waals surface area contributed by atoms with Gasteiger partial charge in [0.1, 0.15) is 11.6 Å². The zero-order valence-electron chi connectivity index (χ0n) is 17.8. The van der Waals surface area contributed by atoms with Gasteiger partial charge < -0.3 is 9.80 Å². The summed E-state index contributed by atoms with van der Waals surface area (Å²) in [4.78, 5) is 38.5. The van der Waals surface area contributed by atoms with Gasteiger partial charge in [0, 0.05) is 50.8 Å². The number of carbonyl (C=O) groups is 2. The molecule has 0 atom stereocenters. The van der Waals surface area contributed by atoms with Gasteiger partial charge in [0.25, 0.3) is 0 Å². The molecule has 33 heavy (non-hydrogen) atoms. The Morgan fingerprint density at radius 1 is 1.15 bits per heavy atom. The highest BCUT2D eigenvalue weighted by Gasteiger charge is 2.23. The van der Waals surface area contributed by atoms with E-state index in [1.807, 2.05) is 0 Å². The van der Waals surface area contributed by atoms with E-state index in [4.69, 9.17) is 11.6 Å². The van der Waals surface area contributed by atoms with Gasteiger partial charge in [-0.15, -0.1) is 11.3 Å². The maximum Gasteiger partial charge on any atom is 0.246 e. The monoisotopic (exact) mass is 485 g/mol. The SMILES string of the molecule is CC(=O)N(c1nc(/C=C/C(=O)N2CCN(c3ncccc3Cl)CC2)cs1)c1ccccc1F. The molecule has 0 radical (unpaired) electrons. The molecule has 1 aromatic carbocycles. The van der Waals surface area contributed by atoms with Gasteiger partial charge in [-0.1, -0.05) is 23.7 Å². The third-order valence-corrected chi connectivity index (χ3v) is 6.28. The lowest BCUT2D eigenvalue weighted by Gasteiger charge is -2.35. The number of piperazine rings is 1. The van der Waals surface area contributed by atoms with Gasteiger partial charge in [0.05, 0.1) is 16.4 Å². The Hall–Kier alpha value is -3.30. The fraction of sp³-hybridized carbons (Fsp3) is 0.217. The predicted molar refractivity (Wildman–Crippen MR) is 128 cm³/mol. The second-order valence-electron chi connectivity index (χ2n) is 7.32. The number of carbonyl (C=O) groups excluding carboxylic acids is 2. The summed E-state index contributed by atoms with van der Waals surface area (Å²) in [5.74, 6) is -0.274. The molecule has 2 aromatic heterocycles. The van der Waals surface area contributed by atoms with Crippen molar-refractivity contribution in [3.05, 3.63) is 70.6 Å². The summed E-state index contributed by atoms with van der Waals surface area (Å²) < 4.78 is 14.2. The number of rotatable bonds is 5. The summed E-state index contributed by atoms with van der Waals surface area (Å²) >= 11 is 7.42. The number of anilines is 3. The van der Waals surface area contributed by atoms with Crippen LogP contribution in [0, 0.1) is 5.82 Å². The second kappa shape index (κ2) is 10.1. The van der Waals surface area contributed by atoms with Gasteiger partial charge in [0.15, 0.2) is 5.13 Å². The van der Waals surface area contributed by atoms with Crippen LogP contribution in [-0.4, -0.2) is 52.9 Å². The van der Waals surface area contributed by atoms with Gasteiger partial charge in [0.2, 0.25) is 11.8 Å². The topological polar surface area (TPSA) is 69.6 Å². The zero-order chi connectivity index (χ0) is 23.4. The molecule has 1 saturated heterocycles. The van der Waals surface area contributed by atoms with Crippen molar-refractivity contribution in [1.29, 1.82) is 0 Å². The van der Waals surface area contributed by atoms with Crippen LogP contribution in [0.2, 0.25) is 5.02 Å². The predicted octanol–water partition coefficient (Wildman–Crippen LogP) is 4.38. The molecule has 170 valence electrons. The van der Waals surface area contributed by atoms with Crippen molar-refractivity contribution in [3.8, 4) is 0 Å². The lowest BCUT2D eigenvalue weighted by atomic mass is 10.2. The molecule has 3 heterocycles. The van der Waals surface area contributed by atoms with Gasteiger partial charge in [-0.2, -0.15) is 0 Å². The molecule has 3 aromatic rings. The van der Waals surface area contributed by atoms with E-state index in [2.05, 4.69) is 14.9 Å². The number of amides is 2. The Morgan fingerprint density at radius 2 is 1.91 bits per heavy atom. The summed E-state index contributed by atoms with van der Waals surface area (Å²) in [5.41, 5.74) is 0.654. The van der Waals surface area contributed by atoms with Crippen LogP contribution in [0.1, 0.15) is 12.6 Å². The van der Waals surface area contributed by atoms with E-state index in [-0.39, 0.29) is 17.5 Å². The summed E-state index contributed by atoms with van der Waals surface area (Å²) in [6.45, 7) is 3.71. The molecule has 0 unspecified atom stereocenters. The van der Waals surface area contributed by atoms with Crippen LogP contribution in [0.15, 0.2) is 54.1 Å². The molecule has 1 aliphatic heterocycles. The van der Waals surface area contributed by atoms with E-state index in [0.29, 0.717) is 42.0 Å². The van der Waals surface area contributed by atoms with Crippen molar-refractivity contribution in [2.75, 3.05) is 36.0 Å². The Bertz CT molecular complexity index is 1190. The third kappa shape index (κ3) is 5.20. The maximum absolute atomic E-state index is 14.2. The average Bonchev–Trinajstić information content (AvgIpc) is 3.27. The lowest BCUT2D eigenvalue weighted by molar-refractivity contribution is -0.126. The molecular formula is C23H21ClFN5O2S. The Morgan fingerprint density at radius 3 is 2.61 bits per heavy atom. The fourth-order valence-corrected chi connectivity index (χ4v) is 4.60. The van der Waals surface area contributed by atoms with Crippen LogP contribution < -0.4 is 9.80 Å². The minimum Gasteiger partial charge on any atom is -0.352 e.